The van der Waals surface area contributed by atoms with Crippen molar-refractivity contribution in [3.8, 4) is 45.4 Å². The van der Waals surface area contributed by atoms with Gasteiger partial charge in [-0.1, -0.05) is 133 Å². The summed E-state index contributed by atoms with van der Waals surface area (Å²) in [6.45, 7) is 0. The first-order chi connectivity index (χ1) is 22.8. The molecule has 9 aromatic rings. The summed E-state index contributed by atoms with van der Waals surface area (Å²) < 4.78 is 0. The Balaban J connectivity index is 1.35. The number of nitrogens with zero attached hydrogens (tertiary/aromatic N) is 5. The van der Waals surface area contributed by atoms with Crippen molar-refractivity contribution < 1.29 is 0 Å². The van der Waals surface area contributed by atoms with Gasteiger partial charge >= 0.3 is 0 Å². The van der Waals surface area contributed by atoms with E-state index < -0.39 is 0 Å². The van der Waals surface area contributed by atoms with Crippen LogP contribution in [0.15, 0.2) is 152 Å². The third kappa shape index (κ3) is 4.37. The highest BCUT2D eigenvalue weighted by Crippen LogP contribution is 2.40. The van der Waals surface area contributed by atoms with E-state index >= 15 is 0 Å². The largest absolute Gasteiger partial charge is 0.256 e. The average molecular weight is 588 g/mol. The second-order valence-corrected chi connectivity index (χ2v) is 11.3. The summed E-state index contributed by atoms with van der Waals surface area (Å²) in [6, 6.07) is 49.7. The standard InChI is InChI=1S/C41H25N5/c1-4-11-27(12-5-1)37-33-23-20-26-18-19-28-17-10-24-42-38(28)35(26)36(33)32-22-21-31(25-34(32)43-37)41-45-39(29-13-6-2-7-14-29)44-40(46-41)30-15-8-3-9-16-30/h1-25H. The van der Waals surface area contributed by atoms with Gasteiger partial charge in [0.05, 0.1) is 16.7 Å². The van der Waals surface area contributed by atoms with Crippen molar-refractivity contribution in [2.24, 2.45) is 0 Å². The fraction of sp³-hybridized carbons (Fsp3) is 0. The zero-order valence-electron chi connectivity index (χ0n) is 24.7. The normalized spacial score (nSPS) is 11.5. The van der Waals surface area contributed by atoms with Crippen LogP contribution in [0.4, 0.5) is 0 Å². The SMILES string of the molecule is c1ccc(-c2nc(-c3ccccc3)nc(-c3ccc4c(c3)nc(-c3ccccc3)c3ccc5ccc6cccnc6c5c34)n2)cc1. The molecule has 0 radical (unpaired) electrons. The highest BCUT2D eigenvalue weighted by Gasteiger charge is 2.18. The number of benzene rings is 6. The summed E-state index contributed by atoms with van der Waals surface area (Å²) >= 11 is 0. The lowest BCUT2D eigenvalue weighted by molar-refractivity contribution is 1.07. The Morgan fingerprint density at radius 1 is 0.370 bits per heavy atom. The van der Waals surface area contributed by atoms with Crippen molar-refractivity contribution in [3.63, 3.8) is 0 Å². The molecule has 0 saturated carbocycles. The van der Waals surface area contributed by atoms with Crippen LogP contribution in [0.1, 0.15) is 0 Å². The molecule has 46 heavy (non-hydrogen) atoms. The van der Waals surface area contributed by atoms with Crippen molar-refractivity contribution in [2.45, 2.75) is 0 Å². The molecule has 0 aliphatic heterocycles. The molecule has 3 heterocycles. The Morgan fingerprint density at radius 3 is 1.61 bits per heavy atom. The van der Waals surface area contributed by atoms with Crippen LogP contribution in [0.5, 0.6) is 0 Å². The van der Waals surface area contributed by atoms with Gasteiger partial charge in [-0.15, -0.1) is 0 Å². The van der Waals surface area contributed by atoms with Crippen molar-refractivity contribution >= 4 is 43.4 Å². The maximum Gasteiger partial charge on any atom is 0.164 e. The van der Waals surface area contributed by atoms with E-state index in [2.05, 4.69) is 72.8 Å². The van der Waals surface area contributed by atoms with E-state index in [-0.39, 0.29) is 0 Å². The maximum atomic E-state index is 5.32. The molecule has 6 aromatic carbocycles. The van der Waals surface area contributed by atoms with Crippen LogP contribution in [-0.4, -0.2) is 24.9 Å². The highest BCUT2D eigenvalue weighted by molar-refractivity contribution is 6.28. The molecule has 0 atom stereocenters. The minimum Gasteiger partial charge on any atom is -0.256 e. The summed E-state index contributed by atoms with van der Waals surface area (Å²) in [5.74, 6) is 1.86. The van der Waals surface area contributed by atoms with Gasteiger partial charge in [-0.3, -0.25) is 4.98 Å². The van der Waals surface area contributed by atoms with Crippen LogP contribution in [0.3, 0.4) is 0 Å². The predicted molar refractivity (Wildman–Crippen MR) is 187 cm³/mol. The van der Waals surface area contributed by atoms with Gasteiger partial charge in [0.15, 0.2) is 17.5 Å². The van der Waals surface area contributed by atoms with E-state index in [1.807, 2.05) is 79.0 Å². The van der Waals surface area contributed by atoms with Crippen LogP contribution >= 0.6 is 0 Å². The zero-order chi connectivity index (χ0) is 30.5. The van der Waals surface area contributed by atoms with Gasteiger partial charge in [0.2, 0.25) is 0 Å². The van der Waals surface area contributed by atoms with E-state index in [1.165, 1.54) is 0 Å². The molecule has 0 N–H and O–H groups in total. The minimum absolute atomic E-state index is 0.600. The average Bonchev–Trinajstić information content (AvgIpc) is 3.14. The molecule has 9 rings (SSSR count). The second kappa shape index (κ2) is 10.7. The van der Waals surface area contributed by atoms with Crippen LogP contribution in [0, 0.1) is 0 Å². The Kier molecular flexibility index (Phi) is 6.06. The topological polar surface area (TPSA) is 64.5 Å². The Morgan fingerprint density at radius 2 is 0.935 bits per heavy atom. The summed E-state index contributed by atoms with van der Waals surface area (Å²) in [6.07, 6.45) is 1.87. The van der Waals surface area contributed by atoms with Crippen molar-refractivity contribution in [1.29, 1.82) is 0 Å². The lowest BCUT2D eigenvalue weighted by atomic mass is 9.93. The molecule has 0 aliphatic rings. The summed E-state index contributed by atoms with van der Waals surface area (Å²) in [5, 5.41) is 6.68. The van der Waals surface area contributed by atoms with Crippen LogP contribution in [-0.2, 0) is 0 Å². The fourth-order valence-corrected chi connectivity index (χ4v) is 6.34. The first-order valence-corrected chi connectivity index (χ1v) is 15.3. The molecule has 0 aliphatic carbocycles. The van der Waals surface area contributed by atoms with Crippen LogP contribution in [0.2, 0.25) is 0 Å². The molecule has 5 nitrogen and oxygen atoms in total. The Bertz CT molecular complexity index is 2510. The third-order valence-corrected chi connectivity index (χ3v) is 8.52. The van der Waals surface area contributed by atoms with E-state index in [4.69, 9.17) is 24.9 Å². The van der Waals surface area contributed by atoms with Crippen molar-refractivity contribution in [1.82, 2.24) is 24.9 Å². The van der Waals surface area contributed by atoms with Gasteiger partial charge in [0.25, 0.3) is 0 Å². The molecule has 0 spiro atoms. The smallest absolute Gasteiger partial charge is 0.164 e. The van der Waals surface area contributed by atoms with Crippen molar-refractivity contribution in [2.75, 3.05) is 0 Å². The van der Waals surface area contributed by atoms with Gasteiger partial charge in [-0.2, -0.15) is 0 Å². The van der Waals surface area contributed by atoms with Gasteiger partial charge in [-0.25, -0.2) is 19.9 Å². The molecule has 0 fully saturated rings. The molecule has 0 amide bonds. The van der Waals surface area contributed by atoms with E-state index in [0.717, 1.165) is 71.3 Å². The van der Waals surface area contributed by atoms with Gasteiger partial charge in [0.1, 0.15) is 0 Å². The zero-order valence-corrected chi connectivity index (χ0v) is 24.7. The molecular weight excluding hydrogens is 562 g/mol. The summed E-state index contributed by atoms with van der Waals surface area (Å²) in [4.78, 5) is 25.0. The Labute approximate surface area is 264 Å². The summed E-state index contributed by atoms with van der Waals surface area (Å²) in [7, 11) is 0. The lowest BCUT2D eigenvalue weighted by Crippen LogP contribution is -2.00. The number of pyridine rings is 2. The molecule has 3 aromatic heterocycles. The molecule has 0 saturated heterocycles. The molecule has 0 unspecified atom stereocenters. The minimum atomic E-state index is 0.600. The Hall–Kier alpha value is -6.33. The number of fused-ring (bicyclic) bond motifs is 7. The summed E-state index contributed by atoms with van der Waals surface area (Å²) in [5.41, 5.74) is 6.59. The quantitative estimate of drug-likeness (QED) is 0.192. The first-order valence-electron chi connectivity index (χ1n) is 15.3. The number of hydrogen-bond acceptors (Lipinski definition) is 5. The van der Waals surface area contributed by atoms with E-state index in [0.29, 0.717) is 17.5 Å². The molecule has 5 heteroatoms. The van der Waals surface area contributed by atoms with Gasteiger partial charge < -0.3 is 0 Å². The monoisotopic (exact) mass is 587 g/mol. The maximum absolute atomic E-state index is 5.32. The molecule has 214 valence electrons. The van der Waals surface area contributed by atoms with Gasteiger partial charge in [0, 0.05) is 55.4 Å². The number of hydrogen-bond donors (Lipinski definition) is 0. The predicted octanol–water partition coefficient (Wildman–Crippen LogP) is 9.94. The first kappa shape index (κ1) is 26.1. The number of rotatable bonds is 4. The molecular formula is C41H25N5. The van der Waals surface area contributed by atoms with E-state index in [9.17, 15) is 0 Å². The molecule has 0 bridgehead atoms. The number of aromatic nitrogens is 5. The second-order valence-electron chi connectivity index (χ2n) is 11.3. The van der Waals surface area contributed by atoms with Crippen molar-refractivity contribution in [3.05, 3.63) is 152 Å². The fourth-order valence-electron chi connectivity index (χ4n) is 6.34. The van der Waals surface area contributed by atoms with E-state index in [1.54, 1.807) is 0 Å². The highest BCUT2D eigenvalue weighted by atomic mass is 15.0. The van der Waals surface area contributed by atoms with Gasteiger partial charge in [-0.05, 0) is 17.5 Å². The third-order valence-electron chi connectivity index (χ3n) is 8.52. The van der Waals surface area contributed by atoms with Crippen LogP contribution < -0.4 is 0 Å². The van der Waals surface area contributed by atoms with Crippen LogP contribution in [0.25, 0.3) is 88.8 Å². The lowest BCUT2D eigenvalue weighted by Gasteiger charge is -2.15.